The van der Waals surface area contributed by atoms with Gasteiger partial charge in [0.2, 0.25) is 5.91 Å². The molecule has 1 fully saturated rings. The zero-order valence-corrected chi connectivity index (χ0v) is 10.5. The lowest BCUT2D eigenvalue weighted by atomic mass is 10.00. The molecule has 0 bridgehead atoms. The first-order valence-corrected chi connectivity index (χ1v) is 6.20. The van der Waals surface area contributed by atoms with Gasteiger partial charge >= 0.3 is 5.97 Å². The van der Waals surface area contributed by atoms with Crippen molar-refractivity contribution >= 4 is 11.9 Å². The van der Waals surface area contributed by atoms with Gasteiger partial charge < -0.3 is 16.2 Å². The molecule has 3 atom stereocenters. The van der Waals surface area contributed by atoms with Gasteiger partial charge in [-0.25, -0.2) is 4.79 Å². The van der Waals surface area contributed by atoms with Crippen molar-refractivity contribution in [2.45, 2.75) is 51.6 Å². The molecule has 1 aliphatic carbocycles. The van der Waals surface area contributed by atoms with Gasteiger partial charge in [-0.05, 0) is 25.2 Å². The van der Waals surface area contributed by atoms with Crippen molar-refractivity contribution in [1.82, 2.24) is 5.32 Å². The number of carboxylic acids is 1. The van der Waals surface area contributed by atoms with Crippen molar-refractivity contribution in [3.63, 3.8) is 0 Å². The predicted octanol–water partition coefficient (Wildman–Crippen LogP) is 0.729. The van der Waals surface area contributed by atoms with Crippen LogP contribution in [0.1, 0.15) is 39.5 Å². The van der Waals surface area contributed by atoms with Gasteiger partial charge in [0, 0.05) is 6.04 Å². The highest BCUT2D eigenvalue weighted by Gasteiger charge is 2.32. The summed E-state index contributed by atoms with van der Waals surface area (Å²) >= 11 is 0. The Bertz CT molecular complexity index is 291. The summed E-state index contributed by atoms with van der Waals surface area (Å²) < 4.78 is 0. The van der Waals surface area contributed by atoms with Crippen molar-refractivity contribution in [1.29, 1.82) is 0 Å². The summed E-state index contributed by atoms with van der Waals surface area (Å²) in [7, 11) is 0. The molecular formula is C12H22N2O3. The number of amides is 1. The van der Waals surface area contributed by atoms with Crippen LogP contribution in [-0.2, 0) is 9.59 Å². The summed E-state index contributed by atoms with van der Waals surface area (Å²) in [4.78, 5) is 22.9. The van der Waals surface area contributed by atoms with Crippen molar-refractivity contribution in [2.24, 2.45) is 17.6 Å². The Balaban J connectivity index is 2.54. The van der Waals surface area contributed by atoms with Crippen LogP contribution in [0.25, 0.3) is 0 Å². The minimum atomic E-state index is -0.974. The first kappa shape index (κ1) is 14.0. The third-order valence-corrected chi connectivity index (χ3v) is 3.23. The van der Waals surface area contributed by atoms with Crippen molar-refractivity contribution in [3.8, 4) is 0 Å². The molecule has 5 heteroatoms. The van der Waals surface area contributed by atoms with Gasteiger partial charge in [-0.2, -0.15) is 0 Å². The number of nitrogens with one attached hydrogen (secondary N) is 1. The van der Waals surface area contributed by atoms with Crippen LogP contribution in [0, 0.1) is 11.8 Å². The molecule has 0 aromatic heterocycles. The Morgan fingerprint density at radius 2 is 2.06 bits per heavy atom. The number of carboxylic acid groups (broad SMARTS) is 1. The van der Waals surface area contributed by atoms with E-state index in [0.29, 0.717) is 6.42 Å². The molecule has 1 rings (SSSR count). The lowest BCUT2D eigenvalue weighted by molar-refractivity contribution is -0.143. The van der Waals surface area contributed by atoms with Gasteiger partial charge in [-0.1, -0.05) is 20.3 Å². The molecule has 0 aromatic rings. The largest absolute Gasteiger partial charge is 0.480 e. The second-order valence-corrected chi connectivity index (χ2v) is 5.23. The third-order valence-electron chi connectivity index (χ3n) is 3.23. The number of rotatable bonds is 5. The first-order valence-electron chi connectivity index (χ1n) is 6.20. The summed E-state index contributed by atoms with van der Waals surface area (Å²) in [6.07, 6.45) is 3.01. The van der Waals surface area contributed by atoms with Crippen LogP contribution in [-0.4, -0.2) is 29.1 Å². The Kier molecular flexibility index (Phi) is 4.93. The quantitative estimate of drug-likeness (QED) is 0.662. The van der Waals surface area contributed by atoms with Crippen LogP contribution in [0.4, 0.5) is 0 Å². The fourth-order valence-electron chi connectivity index (χ4n) is 2.29. The van der Waals surface area contributed by atoms with E-state index >= 15 is 0 Å². The molecule has 4 N–H and O–H groups in total. The van der Waals surface area contributed by atoms with Crippen LogP contribution in [0.2, 0.25) is 0 Å². The topological polar surface area (TPSA) is 92.4 Å². The van der Waals surface area contributed by atoms with Crippen molar-refractivity contribution in [2.75, 3.05) is 0 Å². The lowest BCUT2D eigenvalue weighted by Crippen LogP contribution is -2.47. The average molecular weight is 242 g/mol. The summed E-state index contributed by atoms with van der Waals surface area (Å²) in [5.74, 6) is -1.17. The molecule has 17 heavy (non-hydrogen) atoms. The first-order chi connectivity index (χ1) is 7.91. The fourth-order valence-corrected chi connectivity index (χ4v) is 2.29. The maximum atomic E-state index is 11.9. The van der Waals surface area contributed by atoms with E-state index in [1.54, 1.807) is 0 Å². The number of carbonyl (C=O) groups is 2. The molecule has 0 spiro atoms. The van der Waals surface area contributed by atoms with Crippen LogP contribution in [0.15, 0.2) is 0 Å². The van der Waals surface area contributed by atoms with Gasteiger partial charge in [0.1, 0.15) is 6.04 Å². The van der Waals surface area contributed by atoms with E-state index < -0.39 is 12.0 Å². The molecule has 1 saturated carbocycles. The van der Waals surface area contributed by atoms with E-state index in [1.807, 2.05) is 13.8 Å². The second-order valence-electron chi connectivity index (χ2n) is 5.23. The van der Waals surface area contributed by atoms with E-state index in [4.69, 9.17) is 10.8 Å². The maximum absolute atomic E-state index is 11.9. The smallest absolute Gasteiger partial charge is 0.326 e. The molecule has 0 aliphatic heterocycles. The molecule has 0 radical (unpaired) electrons. The zero-order valence-electron chi connectivity index (χ0n) is 10.5. The normalized spacial score (nSPS) is 25.9. The predicted molar refractivity (Wildman–Crippen MR) is 64.3 cm³/mol. The average Bonchev–Trinajstić information content (AvgIpc) is 2.62. The van der Waals surface area contributed by atoms with Gasteiger partial charge in [0.15, 0.2) is 0 Å². The Morgan fingerprint density at radius 1 is 1.41 bits per heavy atom. The number of hydrogen-bond donors (Lipinski definition) is 3. The number of aliphatic carboxylic acids is 1. The highest BCUT2D eigenvalue weighted by atomic mass is 16.4. The third kappa shape index (κ3) is 4.00. The van der Waals surface area contributed by atoms with E-state index in [9.17, 15) is 9.59 Å². The zero-order chi connectivity index (χ0) is 13.0. The van der Waals surface area contributed by atoms with Crippen LogP contribution < -0.4 is 11.1 Å². The summed E-state index contributed by atoms with van der Waals surface area (Å²) in [5.41, 5.74) is 5.82. The highest BCUT2D eigenvalue weighted by molar-refractivity contribution is 5.85. The highest BCUT2D eigenvalue weighted by Crippen LogP contribution is 2.24. The number of nitrogens with two attached hydrogens (primary N) is 1. The number of carbonyl (C=O) groups excluding carboxylic acids is 1. The van der Waals surface area contributed by atoms with Crippen LogP contribution in [0.3, 0.4) is 0 Å². The molecule has 0 saturated heterocycles. The van der Waals surface area contributed by atoms with E-state index in [1.165, 1.54) is 0 Å². The molecule has 98 valence electrons. The SMILES string of the molecule is CC(C)C[C@@H](NC(=O)C1CCCC1N)C(=O)O. The molecule has 1 amide bonds. The van der Waals surface area contributed by atoms with Crippen molar-refractivity contribution < 1.29 is 14.7 Å². The van der Waals surface area contributed by atoms with Gasteiger partial charge in [0.25, 0.3) is 0 Å². The lowest BCUT2D eigenvalue weighted by Gasteiger charge is -2.20. The van der Waals surface area contributed by atoms with Crippen LogP contribution >= 0.6 is 0 Å². The molecule has 2 unspecified atom stereocenters. The number of hydrogen-bond acceptors (Lipinski definition) is 3. The molecular weight excluding hydrogens is 220 g/mol. The second kappa shape index (κ2) is 6.00. The summed E-state index contributed by atoms with van der Waals surface area (Å²) in [6.45, 7) is 3.87. The summed E-state index contributed by atoms with van der Waals surface area (Å²) in [6, 6.07) is -0.918. The monoisotopic (exact) mass is 242 g/mol. The van der Waals surface area contributed by atoms with E-state index in [-0.39, 0.29) is 23.8 Å². The van der Waals surface area contributed by atoms with Gasteiger partial charge in [-0.15, -0.1) is 0 Å². The fraction of sp³-hybridized carbons (Fsp3) is 0.833. The van der Waals surface area contributed by atoms with Gasteiger partial charge in [0.05, 0.1) is 5.92 Å². The van der Waals surface area contributed by atoms with Crippen molar-refractivity contribution in [3.05, 3.63) is 0 Å². The molecule has 0 aromatic carbocycles. The summed E-state index contributed by atoms with van der Waals surface area (Å²) in [5, 5.41) is 11.6. The van der Waals surface area contributed by atoms with E-state index in [0.717, 1.165) is 19.3 Å². The molecule has 0 heterocycles. The minimum Gasteiger partial charge on any atom is -0.480 e. The minimum absolute atomic E-state index is 0.122. The molecule has 5 nitrogen and oxygen atoms in total. The molecule has 1 aliphatic rings. The van der Waals surface area contributed by atoms with E-state index in [2.05, 4.69) is 5.32 Å². The van der Waals surface area contributed by atoms with Gasteiger partial charge in [-0.3, -0.25) is 4.79 Å². The maximum Gasteiger partial charge on any atom is 0.326 e. The standard InChI is InChI=1S/C12H22N2O3/c1-7(2)6-10(12(16)17)14-11(15)8-4-3-5-9(8)13/h7-10H,3-6,13H2,1-2H3,(H,14,15)(H,16,17)/t8?,9?,10-/m1/s1. The van der Waals surface area contributed by atoms with Crippen LogP contribution in [0.5, 0.6) is 0 Å². The Hall–Kier alpha value is -1.10. The Labute approximate surface area is 102 Å². The Morgan fingerprint density at radius 3 is 2.47 bits per heavy atom.